The number of carbonyl (C=O) groups excluding carboxylic acids is 1. The van der Waals surface area contributed by atoms with E-state index in [0.29, 0.717) is 28.3 Å². The first-order chi connectivity index (χ1) is 28.6. The molecule has 2 aromatic carbocycles. The van der Waals surface area contributed by atoms with Crippen molar-refractivity contribution < 1.29 is 14.6 Å². The van der Waals surface area contributed by atoms with Crippen molar-refractivity contribution in [1.82, 2.24) is 30.3 Å². The molecule has 1 atom stereocenters. The van der Waals surface area contributed by atoms with Gasteiger partial charge in [-0.25, -0.2) is 0 Å². The van der Waals surface area contributed by atoms with Crippen LogP contribution in [0.3, 0.4) is 0 Å². The van der Waals surface area contributed by atoms with Gasteiger partial charge >= 0.3 is 0 Å². The molecule has 5 heterocycles. The number of thiophene rings is 1. The van der Waals surface area contributed by atoms with Gasteiger partial charge in [0.15, 0.2) is 17.3 Å². The third-order valence-electron chi connectivity index (χ3n) is 12.9. The Bertz CT molecular complexity index is 2380. The highest BCUT2D eigenvalue weighted by molar-refractivity contribution is 7.15. The fourth-order valence-electron chi connectivity index (χ4n) is 9.39. The van der Waals surface area contributed by atoms with Gasteiger partial charge in [0.1, 0.15) is 34.4 Å². The van der Waals surface area contributed by atoms with Crippen LogP contribution in [0.15, 0.2) is 59.6 Å². The standard InChI is InChI=1S/C38H46N8OS.C8H7NO2/c1-23-25(3)48-37-33(23)34(39-24(2)35-44-41-26(4)46(35)37)29-12-10-27(11-13-29)28-16-18-38(19-17-28)20-21-45(22-38)32-15-14-31(42-43-32)36(47)40-30-8-6-5-7-9-30;1-11-8-4-7(10)3-2-6(8)5-9/h10-15,24,28,30H,5-9,16-22H2,1-4H3,(H,40,47);2-4,10H,1H3. The molecule has 1 saturated heterocycles. The summed E-state index contributed by atoms with van der Waals surface area (Å²) in [5.41, 5.74) is 7.35. The van der Waals surface area contributed by atoms with Crippen LogP contribution in [0.2, 0.25) is 0 Å². The van der Waals surface area contributed by atoms with Gasteiger partial charge < -0.3 is 20.1 Å². The Hall–Kier alpha value is -5.61. The highest BCUT2D eigenvalue weighted by atomic mass is 32.1. The molecule has 3 aromatic heterocycles. The maximum Gasteiger partial charge on any atom is 0.272 e. The van der Waals surface area contributed by atoms with E-state index >= 15 is 0 Å². The third-order valence-corrected chi connectivity index (χ3v) is 14.1. The van der Waals surface area contributed by atoms with Crippen molar-refractivity contribution in [2.45, 2.75) is 110 Å². The van der Waals surface area contributed by atoms with Gasteiger partial charge in [-0.05, 0) is 119 Å². The lowest BCUT2D eigenvalue weighted by atomic mass is 9.68. The second kappa shape index (κ2) is 16.9. The van der Waals surface area contributed by atoms with Gasteiger partial charge in [0.2, 0.25) is 0 Å². The van der Waals surface area contributed by atoms with Gasteiger partial charge in [-0.15, -0.1) is 31.7 Å². The number of nitrogens with zero attached hydrogens (tertiary/aromatic N) is 8. The smallest absolute Gasteiger partial charge is 0.272 e. The van der Waals surface area contributed by atoms with E-state index in [-0.39, 0.29) is 23.7 Å². The molecular weight excluding hydrogens is 759 g/mol. The van der Waals surface area contributed by atoms with Crippen molar-refractivity contribution in [2.75, 3.05) is 25.1 Å². The number of aromatic hydroxyl groups is 1. The number of hydrogen-bond donors (Lipinski definition) is 2. The van der Waals surface area contributed by atoms with Crippen LogP contribution in [0.1, 0.15) is 138 Å². The monoisotopic (exact) mass is 811 g/mol. The molecule has 13 heteroatoms. The first kappa shape index (κ1) is 40.2. The Morgan fingerprint density at radius 1 is 0.949 bits per heavy atom. The SMILES string of the molecule is COc1cc(O)ccc1C#N.Cc1sc2c(c1C)C(c1ccc(C3CCC4(CC3)CCN(c3ccc(C(=O)NC5CCCCC5)nn3)C4)cc1)=NC(C)c1nnc(C)n1-2. The van der Waals surface area contributed by atoms with E-state index in [1.165, 1.54) is 109 Å². The molecule has 5 aromatic rings. The lowest BCUT2D eigenvalue weighted by molar-refractivity contribution is 0.0921. The van der Waals surface area contributed by atoms with E-state index in [1.807, 2.05) is 36.5 Å². The first-order valence-corrected chi connectivity index (χ1v) is 21.8. The molecule has 12 nitrogen and oxygen atoms in total. The second-order valence-electron chi connectivity index (χ2n) is 16.7. The van der Waals surface area contributed by atoms with Crippen molar-refractivity contribution in [3.8, 4) is 22.6 Å². The molecule has 2 saturated carbocycles. The summed E-state index contributed by atoms with van der Waals surface area (Å²) >= 11 is 1.81. The lowest BCUT2D eigenvalue weighted by Gasteiger charge is -2.37. The Balaban J connectivity index is 0.000000383. The molecule has 1 unspecified atom stereocenters. The first-order valence-electron chi connectivity index (χ1n) is 20.9. The van der Waals surface area contributed by atoms with Crippen molar-refractivity contribution in [3.63, 3.8) is 0 Å². The Morgan fingerprint density at radius 3 is 2.41 bits per heavy atom. The van der Waals surface area contributed by atoms with Gasteiger partial charge in [-0.3, -0.25) is 14.4 Å². The number of benzene rings is 2. The van der Waals surface area contributed by atoms with Crippen molar-refractivity contribution >= 4 is 28.8 Å². The third kappa shape index (κ3) is 8.20. The number of hydrogen-bond acceptors (Lipinski definition) is 11. The second-order valence-corrected chi connectivity index (χ2v) is 17.9. The molecule has 0 bridgehead atoms. The number of aryl methyl sites for hydroxylation is 2. The number of anilines is 1. The molecule has 9 rings (SSSR count). The minimum absolute atomic E-state index is 0.0737. The molecule has 3 fully saturated rings. The van der Waals surface area contributed by atoms with Crippen LogP contribution in [0.4, 0.5) is 5.82 Å². The van der Waals surface area contributed by atoms with E-state index in [2.05, 4.69) is 80.2 Å². The Labute approximate surface area is 350 Å². The fourth-order valence-corrected chi connectivity index (χ4v) is 10.6. The summed E-state index contributed by atoms with van der Waals surface area (Å²) in [6.07, 6.45) is 11.8. The summed E-state index contributed by atoms with van der Waals surface area (Å²) in [6.45, 7) is 10.6. The molecule has 306 valence electrons. The predicted octanol–water partition coefficient (Wildman–Crippen LogP) is 8.85. The number of phenols is 1. The van der Waals surface area contributed by atoms with E-state index in [4.69, 9.17) is 20.1 Å². The number of rotatable bonds is 6. The van der Waals surface area contributed by atoms with Crippen molar-refractivity contribution in [3.05, 3.63) is 105 Å². The summed E-state index contributed by atoms with van der Waals surface area (Å²) in [5.74, 6) is 3.69. The molecule has 2 aliphatic carbocycles. The molecule has 2 aliphatic heterocycles. The number of fused-ring (bicyclic) bond motifs is 3. The summed E-state index contributed by atoms with van der Waals surface area (Å²) in [6, 6.07) is 19.6. The van der Waals surface area contributed by atoms with E-state index < -0.39 is 0 Å². The van der Waals surface area contributed by atoms with Crippen molar-refractivity contribution in [1.29, 1.82) is 5.26 Å². The van der Waals surface area contributed by atoms with Crippen LogP contribution >= 0.6 is 11.3 Å². The number of aromatic nitrogens is 5. The van der Waals surface area contributed by atoms with Crippen LogP contribution < -0.4 is 15.0 Å². The summed E-state index contributed by atoms with van der Waals surface area (Å²) in [4.78, 5) is 21.7. The number of aliphatic imine (C=N–C) groups is 1. The maximum absolute atomic E-state index is 12.7. The topological polar surface area (TPSA) is 154 Å². The molecule has 2 N–H and O–H groups in total. The molecule has 1 spiro atoms. The quantitative estimate of drug-likeness (QED) is 0.171. The van der Waals surface area contributed by atoms with E-state index in [0.717, 1.165) is 49.1 Å². The van der Waals surface area contributed by atoms with Gasteiger partial charge in [-0.1, -0.05) is 43.5 Å². The number of carbonyl (C=O) groups is 1. The maximum atomic E-state index is 12.7. The van der Waals surface area contributed by atoms with Gasteiger partial charge in [-0.2, -0.15) is 5.26 Å². The minimum Gasteiger partial charge on any atom is -0.508 e. The van der Waals surface area contributed by atoms with Crippen molar-refractivity contribution in [2.24, 2.45) is 10.4 Å². The largest absolute Gasteiger partial charge is 0.508 e. The van der Waals surface area contributed by atoms with E-state index in [9.17, 15) is 4.79 Å². The number of nitrogens with one attached hydrogen (secondary N) is 1. The van der Waals surface area contributed by atoms with Crippen LogP contribution in [-0.2, 0) is 0 Å². The molecular formula is C46H53N9O3S. The molecule has 0 radical (unpaired) electrons. The normalized spacial score (nSPS) is 21.4. The zero-order valence-electron chi connectivity index (χ0n) is 34.7. The van der Waals surface area contributed by atoms with Gasteiger partial charge in [0.05, 0.1) is 18.4 Å². The highest BCUT2D eigenvalue weighted by Crippen LogP contribution is 2.49. The highest BCUT2D eigenvalue weighted by Gasteiger charge is 2.42. The van der Waals surface area contributed by atoms with Crippen LogP contribution in [0.5, 0.6) is 11.5 Å². The Morgan fingerprint density at radius 2 is 1.71 bits per heavy atom. The Kier molecular flexibility index (Phi) is 11.5. The minimum atomic E-state index is -0.0938. The lowest BCUT2D eigenvalue weighted by Crippen LogP contribution is -2.36. The number of amides is 1. The van der Waals surface area contributed by atoms with E-state index in [1.54, 1.807) is 0 Å². The van der Waals surface area contributed by atoms with Gasteiger partial charge in [0.25, 0.3) is 5.91 Å². The predicted molar refractivity (Wildman–Crippen MR) is 230 cm³/mol. The zero-order valence-corrected chi connectivity index (χ0v) is 35.5. The average molecular weight is 812 g/mol. The van der Waals surface area contributed by atoms with Gasteiger partial charge in [0, 0.05) is 41.2 Å². The number of phenolic OH excluding ortho intramolecular Hbond substituents is 1. The zero-order chi connectivity index (χ0) is 41.3. The fraction of sp³-hybridized carbons (Fsp3) is 0.457. The molecule has 1 amide bonds. The summed E-state index contributed by atoms with van der Waals surface area (Å²) < 4.78 is 7.04. The van der Waals surface area contributed by atoms with Crippen LogP contribution in [-0.4, -0.2) is 67.9 Å². The molecule has 4 aliphatic rings. The summed E-state index contributed by atoms with van der Waals surface area (Å²) in [5, 5.41) is 39.6. The average Bonchev–Trinajstić information content (AvgIpc) is 3.92. The number of ether oxygens (including phenoxy) is 1. The number of nitriles is 1. The molecule has 59 heavy (non-hydrogen) atoms. The van der Waals surface area contributed by atoms with Crippen LogP contribution in [0, 0.1) is 37.5 Å². The number of methoxy groups -OCH3 is 1. The summed E-state index contributed by atoms with van der Waals surface area (Å²) in [7, 11) is 1.45. The van der Waals surface area contributed by atoms with Crippen LogP contribution in [0.25, 0.3) is 5.00 Å².